The van der Waals surface area contributed by atoms with Gasteiger partial charge in [0.1, 0.15) is 0 Å². The van der Waals surface area contributed by atoms with Crippen molar-refractivity contribution in [3.05, 3.63) is 0 Å². The van der Waals surface area contributed by atoms with Crippen LogP contribution in [0.1, 0.15) is 32.1 Å². The van der Waals surface area contributed by atoms with Crippen molar-refractivity contribution < 1.29 is 9.90 Å². The van der Waals surface area contributed by atoms with Crippen molar-refractivity contribution in [2.75, 3.05) is 0 Å². The molecule has 3 aliphatic rings. The fourth-order valence-corrected chi connectivity index (χ4v) is 4.02. The van der Waals surface area contributed by atoms with Crippen molar-refractivity contribution in [1.29, 1.82) is 0 Å². The van der Waals surface area contributed by atoms with Gasteiger partial charge in [-0.1, -0.05) is 19.3 Å². The average Bonchev–Trinajstić information content (AvgIpc) is 2.71. The molecule has 5 unspecified atom stereocenters. The number of aliphatic carboxylic acids is 1. The fraction of sp³-hybridized carbons (Fsp3) is 0.909. The van der Waals surface area contributed by atoms with Crippen molar-refractivity contribution in [2.24, 2.45) is 29.6 Å². The quantitative estimate of drug-likeness (QED) is 0.671. The van der Waals surface area contributed by atoms with Gasteiger partial charge in [-0.25, -0.2) is 0 Å². The summed E-state index contributed by atoms with van der Waals surface area (Å²) in [6.07, 6.45) is 6.65. The van der Waals surface area contributed by atoms with E-state index in [9.17, 15) is 4.79 Å². The second-order valence-corrected chi connectivity index (χ2v) is 5.05. The van der Waals surface area contributed by atoms with E-state index in [-0.39, 0.29) is 5.92 Å². The van der Waals surface area contributed by atoms with Crippen LogP contribution in [0.2, 0.25) is 0 Å². The van der Waals surface area contributed by atoms with Crippen LogP contribution < -0.4 is 0 Å². The summed E-state index contributed by atoms with van der Waals surface area (Å²) in [4.78, 5) is 10.8. The second-order valence-electron chi connectivity index (χ2n) is 5.05. The van der Waals surface area contributed by atoms with Gasteiger partial charge in [0.15, 0.2) is 0 Å². The van der Waals surface area contributed by atoms with E-state index in [1.807, 2.05) is 0 Å². The lowest BCUT2D eigenvalue weighted by molar-refractivity contribution is -0.139. The first-order chi connectivity index (χ1) is 6.29. The Balaban J connectivity index is 1.74. The van der Waals surface area contributed by atoms with Gasteiger partial charge < -0.3 is 5.11 Å². The molecule has 5 atom stereocenters. The topological polar surface area (TPSA) is 37.3 Å². The smallest absolute Gasteiger partial charge is 0.307 e. The maximum absolute atomic E-state index is 10.8. The molecule has 13 heavy (non-hydrogen) atoms. The van der Waals surface area contributed by atoms with Crippen LogP contribution in [0.15, 0.2) is 0 Å². The zero-order chi connectivity index (χ0) is 9.00. The van der Waals surface area contributed by atoms with Crippen LogP contribution in [-0.4, -0.2) is 11.1 Å². The minimum Gasteiger partial charge on any atom is -0.481 e. The Labute approximate surface area is 78.3 Å². The van der Waals surface area contributed by atoms with E-state index in [0.29, 0.717) is 11.8 Å². The second kappa shape index (κ2) is 2.49. The average molecular weight is 180 g/mol. The molecule has 3 fully saturated rings. The highest BCUT2D eigenvalue weighted by Crippen LogP contribution is 2.65. The fourth-order valence-electron chi connectivity index (χ4n) is 4.02. The number of hydrogen-bond acceptors (Lipinski definition) is 1. The molecule has 0 spiro atoms. The molecule has 3 saturated carbocycles. The van der Waals surface area contributed by atoms with Gasteiger partial charge in [0.2, 0.25) is 0 Å². The molecule has 0 radical (unpaired) electrons. The first kappa shape index (κ1) is 7.84. The molecule has 2 heteroatoms. The first-order valence-electron chi connectivity index (χ1n) is 5.52. The number of hydrogen-bond donors (Lipinski definition) is 1. The van der Waals surface area contributed by atoms with Crippen molar-refractivity contribution >= 4 is 5.97 Å². The monoisotopic (exact) mass is 180 g/mol. The number of carbonyl (C=O) groups is 1. The zero-order valence-electron chi connectivity index (χ0n) is 7.78. The van der Waals surface area contributed by atoms with Gasteiger partial charge in [0, 0.05) is 0 Å². The molecule has 0 aromatic heterocycles. The highest BCUT2D eigenvalue weighted by molar-refractivity contribution is 5.74. The number of carboxylic acid groups (broad SMARTS) is 1. The summed E-state index contributed by atoms with van der Waals surface area (Å²) in [5.74, 6) is 2.38. The Hall–Kier alpha value is -0.530. The Morgan fingerprint density at radius 2 is 1.92 bits per heavy atom. The Bertz CT molecular complexity index is 248. The lowest BCUT2D eigenvalue weighted by Crippen LogP contribution is -2.21. The Kier molecular flexibility index (Phi) is 1.50. The molecule has 0 aromatic rings. The van der Waals surface area contributed by atoms with Crippen molar-refractivity contribution in [3.8, 4) is 0 Å². The van der Waals surface area contributed by atoms with Gasteiger partial charge in [-0.15, -0.1) is 0 Å². The van der Waals surface area contributed by atoms with Crippen molar-refractivity contribution in [2.45, 2.75) is 32.1 Å². The third kappa shape index (κ3) is 0.976. The van der Waals surface area contributed by atoms with Crippen LogP contribution in [0, 0.1) is 29.6 Å². The van der Waals surface area contributed by atoms with Crippen molar-refractivity contribution in [3.63, 3.8) is 0 Å². The normalized spacial score (nSPS) is 52.5. The number of rotatable bonds is 1. The lowest BCUT2D eigenvalue weighted by atomic mass is 9.77. The highest BCUT2D eigenvalue weighted by atomic mass is 16.4. The predicted octanol–water partition coefficient (Wildman–Crippen LogP) is 2.14. The minimum atomic E-state index is -0.529. The van der Waals surface area contributed by atoms with E-state index in [2.05, 4.69) is 0 Å². The maximum Gasteiger partial charge on any atom is 0.307 e. The van der Waals surface area contributed by atoms with Crippen LogP contribution in [0.25, 0.3) is 0 Å². The number of fused-ring (bicyclic) bond motifs is 3. The molecule has 3 aliphatic carbocycles. The van der Waals surface area contributed by atoms with Gasteiger partial charge in [-0.2, -0.15) is 0 Å². The Morgan fingerprint density at radius 1 is 1.15 bits per heavy atom. The van der Waals surface area contributed by atoms with Gasteiger partial charge in [0.25, 0.3) is 0 Å². The van der Waals surface area contributed by atoms with Gasteiger partial charge >= 0.3 is 5.97 Å². The maximum atomic E-state index is 10.8. The van der Waals surface area contributed by atoms with Gasteiger partial charge in [-0.3, -0.25) is 4.79 Å². The highest BCUT2D eigenvalue weighted by Gasteiger charge is 2.64. The molecule has 0 bridgehead atoms. The summed E-state index contributed by atoms with van der Waals surface area (Å²) in [7, 11) is 0. The molecule has 0 aromatic carbocycles. The van der Waals surface area contributed by atoms with E-state index in [1.165, 1.54) is 32.1 Å². The SMILES string of the molecule is O=C(O)C1C2CC3CCCCC3C21. The van der Waals surface area contributed by atoms with Crippen LogP contribution >= 0.6 is 0 Å². The van der Waals surface area contributed by atoms with Gasteiger partial charge in [0.05, 0.1) is 5.92 Å². The predicted molar refractivity (Wildman–Crippen MR) is 48.2 cm³/mol. The third-order valence-electron chi connectivity index (χ3n) is 4.55. The molecule has 0 aliphatic heterocycles. The van der Waals surface area contributed by atoms with Gasteiger partial charge in [-0.05, 0) is 36.5 Å². The standard InChI is InChI=1S/C11H16O2/c12-11(13)10-8-5-6-3-1-2-4-7(6)9(8)10/h6-10H,1-5H2,(H,12,13). The molecule has 3 rings (SSSR count). The Morgan fingerprint density at radius 3 is 2.69 bits per heavy atom. The van der Waals surface area contributed by atoms with Crippen LogP contribution in [-0.2, 0) is 4.79 Å². The third-order valence-corrected chi connectivity index (χ3v) is 4.55. The molecule has 0 heterocycles. The first-order valence-corrected chi connectivity index (χ1v) is 5.52. The summed E-state index contributed by atoms with van der Waals surface area (Å²) in [5.41, 5.74) is 0. The van der Waals surface area contributed by atoms with Crippen molar-refractivity contribution in [1.82, 2.24) is 0 Å². The van der Waals surface area contributed by atoms with E-state index >= 15 is 0 Å². The zero-order valence-corrected chi connectivity index (χ0v) is 7.78. The molecule has 0 saturated heterocycles. The van der Waals surface area contributed by atoms with Crippen LogP contribution in [0.5, 0.6) is 0 Å². The molecular formula is C11H16O2. The summed E-state index contributed by atoms with van der Waals surface area (Å²) >= 11 is 0. The molecule has 1 N–H and O–H groups in total. The van der Waals surface area contributed by atoms with Crippen LogP contribution in [0.4, 0.5) is 0 Å². The minimum absolute atomic E-state index is 0.0550. The molecule has 72 valence electrons. The summed E-state index contributed by atoms with van der Waals surface area (Å²) in [6, 6.07) is 0. The summed E-state index contributed by atoms with van der Waals surface area (Å²) in [6.45, 7) is 0. The number of carboxylic acids is 1. The molecular weight excluding hydrogens is 164 g/mol. The lowest BCUT2D eigenvalue weighted by Gasteiger charge is -2.28. The summed E-state index contributed by atoms with van der Waals surface area (Å²) in [5, 5.41) is 8.95. The van der Waals surface area contributed by atoms with E-state index in [1.54, 1.807) is 0 Å². The van der Waals surface area contributed by atoms with E-state index < -0.39 is 5.97 Å². The molecule has 2 nitrogen and oxygen atoms in total. The van der Waals surface area contributed by atoms with E-state index in [4.69, 9.17) is 5.11 Å². The van der Waals surface area contributed by atoms with E-state index in [0.717, 1.165) is 11.8 Å². The van der Waals surface area contributed by atoms with Crippen LogP contribution in [0.3, 0.4) is 0 Å². The largest absolute Gasteiger partial charge is 0.481 e. The molecule has 0 amide bonds. The summed E-state index contributed by atoms with van der Waals surface area (Å²) < 4.78 is 0.